The van der Waals surface area contributed by atoms with Gasteiger partial charge in [0.1, 0.15) is 0 Å². The lowest BCUT2D eigenvalue weighted by Crippen LogP contribution is -2.45. The van der Waals surface area contributed by atoms with Crippen LogP contribution in [0, 0.1) is 0 Å². The fraction of sp³-hybridized carbons (Fsp3) is 0.708. The van der Waals surface area contributed by atoms with Crippen LogP contribution in [0.1, 0.15) is 80.0 Å². The Morgan fingerprint density at radius 2 is 2.03 bits per heavy atom. The predicted octanol–water partition coefficient (Wildman–Crippen LogP) is 3.71. The summed E-state index contributed by atoms with van der Waals surface area (Å²) in [5.41, 5.74) is 3.04. The van der Waals surface area contributed by atoms with Crippen molar-refractivity contribution in [1.82, 2.24) is 24.8 Å². The molecule has 2 aliphatic rings. The molecule has 2 aromatic rings. The second-order valence-corrected chi connectivity index (χ2v) is 9.75. The molecule has 170 valence electrons. The molecule has 0 radical (unpaired) electrons. The van der Waals surface area contributed by atoms with Crippen LogP contribution in [-0.4, -0.2) is 83.6 Å². The van der Waals surface area contributed by atoms with Crippen LogP contribution >= 0.6 is 0 Å². The summed E-state index contributed by atoms with van der Waals surface area (Å²) in [6.07, 6.45) is 4.64. The number of likely N-dealkylation sites (N-methyl/N-ethyl adjacent to an activating group) is 2. The van der Waals surface area contributed by atoms with Gasteiger partial charge in [-0.3, -0.25) is 9.69 Å². The Morgan fingerprint density at radius 1 is 1.26 bits per heavy atom. The van der Waals surface area contributed by atoms with E-state index in [1.165, 1.54) is 6.42 Å². The normalized spacial score (nSPS) is 19.8. The first-order chi connectivity index (χ1) is 14.9. The third kappa shape index (κ3) is 4.77. The van der Waals surface area contributed by atoms with Gasteiger partial charge in [-0.2, -0.15) is 0 Å². The van der Waals surface area contributed by atoms with E-state index < -0.39 is 0 Å². The highest BCUT2D eigenvalue weighted by molar-refractivity contribution is 6.06. The minimum Gasteiger partial charge on any atom is -0.336 e. The monoisotopic (exact) mass is 427 g/mol. The Hall–Kier alpha value is -1.99. The fourth-order valence-electron chi connectivity index (χ4n) is 4.68. The molecule has 0 N–H and O–H groups in total. The molecule has 1 unspecified atom stereocenters. The molecule has 7 nitrogen and oxygen atoms in total. The fourth-order valence-corrected chi connectivity index (χ4v) is 4.68. The molecule has 1 aliphatic carbocycles. The first-order valence-corrected chi connectivity index (χ1v) is 11.9. The van der Waals surface area contributed by atoms with Crippen molar-refractivity contribution in [3.8, 4) is 0 Å². The maximum absolute atomic E-state index is 14.0. The third-order valence-corrected chi connectivity index (χ3v) is 6.71. The van der Waals surface area contributed by atoms with Crippen LogP contribution in [0.2, 0.25) is 0 Å². The minimum absolute atomic E-state index is 0.0872. The number of fused-ring (bicyclic) bond motifs is 1. The van der Waals surface area contributed by atoms with E-state index in [0.29, 0.717) is 24.2 Å². The summed E-state index contributed by atoms with van der Waals surface area (Å²) in [6.45, 7) is 10.9. The molecule has 3 heterocycles. The number of likely N-dealkylation sites (tertiary alicyclic amines) is 1. The SMILES string of the molecule is CCN1CCCC1CN(CCN(C)C)C(=O)c1cc(C2CC2)nc2onc(C(C)C)c12. The molecule has 1 saturated heterocycles. The van der Waals surface area contributed by atoms with Gasteiger partial charge in [0.2, 0.25) is 0 Å². The van der Waals surface area contributed by atoms with Gasteiger partial charge in [-0.1, -0.05) is 25.9 Å². The van der Waals surface area contributed by atoms with Gasteiger partial charge >= 0.3 is 0 Å². The van der Waals surface area contributed by atoms with Crippen molar-refractivity contribution in [3.05, 3.63) is 23.0 Å². The molecule has 31 heavy (non-hydrogen) atoms. The zero-order valence-corrected chi connectivity index (χ0v) is 19.7. The Bertz CT molecular complexity index is 918. The van der Waals surface area contributed by atoms with Crippen LogP contribution in [-0.2, 0) is 0 Å². The molecule has 2 aromatic heterocycles. The van der Waals surface area contributed by atoms with Crippen LogP contribution in [0.25, 0.3) is 11.1 Å². The lowest BCUT2D eigenvalue weighted by molar-refractivity contribution is 0.0696. The highest BCUT2D eigenvalue weighted by Crippen LogP contribution is 2.41. The number of nitrogens with zero attached hydrogens (tertiary/aromatic N) is 5. The number of carbonyl (C=O) groups excluding carboxylic acids is 1. The summed E-state index contributed by atoms with van der Waals surface area (Å²) in [6, 6.07) is 2.46. The molecule has 0 aromatic carbocycles. The number of hydrogen-bond acceptors (Lipinski definition) is 6. The molecule has 4 rings (SSSR count). The van der Waals surface area contributed by atoms with Crippen molar-refractivity contribution in [2.75, 3.05) is 46.8 Å². The van der Waals surface area contributed by atoms with Crippen LogP contribution in [0.3, 0.4) is 0 Å². The van der Waals surface area contributed by atoms with Gasteiger partial charge in [-0.25, -0.2) is 4.98 Å². The van der Waals surface area contributed by atoms with Gasteiger partial charge in [0.05, 0.1) is 16.6 Å². The first kappa shape index (κ1) is 22.2. The Labute approximate surface area is 185 Å². The van der Waals surface area contributed by atoms with E-state index in [1.54, 1.807) is 0 Å². The van der Waals surface area contributed by atoms with Crippen LogP contribution in [0.15, 0.2) is 10.6 Å². The quantitative estimate of drug-likeness (QED) is 0.608. The molecular formula is C24H37N5O2. The van der Waals surface area contributed by atoms with Crippen LogP contribution in [0.4, 0.5) is 0 Å². The Kier molecular flexibility index (Phi) is 6.63. The summed E-state index contributed by atoms with van der Waals surface area (Å²) >= 11 is 0. The average Bonchev–Trinajstić information content (AvgIpc) is 3.34. The Balaban J connectivity index is 1.71. The number of pyridine rings is 1. The molecule has 1 saturated carbocycles. The van der Waals surface area contributed by atoms with Crippen molar-refractivity contribution in [2.45, 2.75) is 64.3 Å². The van der Waals surface area contributed by atoms with Gasteiger partial charge in [0, 0.05) is 37.3 Å². The highest BCUT2D eigenvalue weighted by atomic mass is 16.5. The summed E-state index contributed by atoms with van der Waals surface area (Å²) < 4.78 is 5.62. The lowest BCUT2D eigenvalue weighted by Gasteiger charge is -2.31. The number of carbonyl (C=O) groups is 1. The smallest absolute Gasteiger partial charge is 0.259 e. The minimum atomic E-state index is 0.0872. The predicted molar refractivity (Wildman–Crippen MR) is 123 cm³/mol. The standard InChI is InChI=1S/C24H37N5O2/c1-6-28-11-7-8-18(28)15-29(13-12-27(4)5)24(30)19-14-20(17-9-10-17)25-23-21(19)22(16(2)3)26-31-23/h14,16-18H,6-13,15H2,1-5H3. The van der Waals surface area contributed by atoms with Gasteiger partial charge in [0.15, 0.2) is 0 Å². The zero-order valence-electron chi connectivity index (χ0n) is 19.7. The van der Waals surface area contributed by atoms with Gasteiger partial charge in [0.25, 0.3) is 11.6 Å². The maximum Gasteiger partial charge on any atom is 0.259 e. The van der Waals surface area contributed by atoms with Crippen molar-refractivity contribution in [1.29, 1.82) is 0 Å². The van der Waals surface area contributed by atoms with E-state index in [-0.39, 0.29) is 11.8 Å². The first-order valence-electron chi connectivity index (χ1n) is 11.9. The van der Waals surface area contributed by atoms with E-state index in [4.69, 9.17) is 9.51 Å². The van der Waals surface area contributed by atoms with Crippen molar-refractivity contribution in [3.63, 3.8) is 0 Å². The average molecular weight is 428 g/mol. The van der Waals surface area contributed by atoms with E-state index in [1.807, 2.05) is 6.07 Å². The van der Waals surface area contributed by atoms with E-state index in [9.17, 15) is 4.79 Å². The summed E-state index contributed by atoms with van der Waals surface area (Å²) in [5, 5.41) is 5.10. The molecule has 7 heteroatoms. The van der Waals surface area contributed by atoms with E-state index in [0.717, 1.165) is 67.8 Å². The summed E-state index contributed by atoms with van der Waals surface area (Å²) in [4.78, 5) is 25.4. The molecule has 1 aliphatic heterocycles. The number of rotatable bonds is 9. The summed E-state index contributed by atoms with van der Waals surface area (Å²) in [7, 11) is 4.12. The largest absolute Gasteiger partial charge is 0.336 e. The van der Waals surface area contributed by atoms with Gasteiger partial charge in [-0.15, -0.1) is 0 Å². The topological polar surface area (TPSA) is 65.7 Å². The third-order valence-electron chi connectivity index (χ3n) is 6.71. The lowest BCUT2D eigenvalue weighted by atomic mass is 10.0. The molecule has 1 amide bonds. The van der Waals surface area contributed by atoms with Crippen LogP contribution < -0.4 is 0 Å². The van der Waals surface area contributed by atoms with Crippen molar-refractivity contribution in [2.24, 2.45) is 0 Å². The number of amides is 1. The Morgan fingerprint density at radius 3 is 2.68 bits per heavy atom. The number of hydrogen-bond donors (Lipinski definition) is 0. The molecular weight excluding hydrogens is 390 g/mol. The van der Waals surface area contributed by atoms with Crippen molar-refractivity contribution >= 4 is 17.0 Å². The maximum atomic E-state index is 14.0. The van der Waals surface area contributed by atoms with Gasteiger partial charge < -0.3 is 14.3 Å². The molecule has 0 spiro atoms. The zero-order chi connectivity index (χ0) is 22.1. The second kappa shape index (κ2) is 9.25. The van der Waals surface area contributed by atoms with E-state index in [2.05, 4.69) is 54.7 Å². The van der Waals surface area contributed by atoms with Crippen molar-refractivity contribution < 1.29 is 9.32 Å². The molecule has 0 bridgehead atoms. The molecule has 2 fully saturated rings. The molecule has 1 atom stereocenters. The summed E-state index contributed by atoms with van der Waals surface area (Å²) in [5.74, 6) is 0.704. The second-order valence-electron chi connectivity index (χ2n) is 9.75. The van der Waals surface area contributed by atoms with Gasteiger partial charge in [-0.05, 0) is 64.9 Å². The van der Waals surface area contributed by atoms with Crippen LogP contribution in [0.5, 0.6) is 0 Å². The number of aromatic nitrogens is 2. The van der Waals surface area contributed by atoms with E-state index >= 15 is 0 Å². The highest BCUT2D eigenvalue weighted by Gasteiger charge is 2.32.